The molecule has 0 spiro atoms. The quantitative estimate of drug-likeness (QED) is 0.907. The standard InChI is InChI=1S/C16H22N2O2/c1-17-11-12-6-8-18(9-7-12)16(19)15-10-13-4-2-3-5-14(13)20-15/h2-5,12,15,17H,6-11H2,1H3. The summed E-state index contributed by atoms with van der Waals surface area (Å²) in [5, 5.41) is 3.22. The number of rotatable bonds is 3. The fourth-order valence-corrected chi connectivity index (χ4v) is 3.17. The molecule has 1 N–H and O–H groups in total. The maximum atomic E-state index is 12.5. The molecule has 3 rings (SSSR count). The van der Waals surface area contributed by atoms with E-state index in [1.165, 1.54) is 0 Å². The number of nitrogens with one attached hydrogen (secondary N) is 1. The third-order valence-electron chi connectivity index (χ3n) is 4.34. The topological polar surface area (TPSA) is 41.6 Å². The van der Waals surface area contributed by atoms with Crippen molar-refractivity contribution in [2.45, 2.75) is 25.4 Å². The van der Waals surface area contributed by atoms with Gasteiger partial charge in [0.1, 0.15) is 5.75 Å². The molecule has 0 aromatic heterocycles. The number of piperidine rings is 1. The number of benzene rings is 1. The fourth-order valence-electron chi connectivity index (χ4n) is 3.17. The molecule has 20 heavy (non-hydrogen) atoms. The average Bonchev–Trinajstić information content (AvgIpc) is 2.91. The number of nitrogens with zero attached hydrogens (tertiary/aromatic N) is 1. The first-order chi connectivity index (χ1) is 9.78. The minimum atomic E-state index is -0.312. The molecular weight excluding hydrogens is 252 g/mol. The van der Waals surface area contributed by atoms with Crippen LogP contribution < -0.4 is 10.1 Å². The van der Waals surface area contributed by atoms with Crippen LogP contribution in [0.15, 0.2) is 24.3 Å². The SMILES string of the molecule is CNCC1CCN(C(=O)C2Cc3ccccc3O2)CC1. The second-order valence-electron chi connectivity index (χ2n) is 5.74. The number of fused-ring (bicyclic) bond motifs is 1. The van der Waals surface area contributed by atoms with Crippen molar-refractivity contribution in [2.75, 3.05) is 26.7 Å². The van der Waals surface area contributed by atoms with Crippen molar-refractivity contribution >= 4 is 5.91 Å². The number of carbonyl (C=O) groups is 1. The van der Waals surface area contributed by atoms with Crippen LogP contribution >= 0.6 is 0 Å². The van der Waals surface area contributed by atoms with Crippen LogP contribution in [0.5, 0.6) is 5.75 Å². The Hall–Kier alpha value is -1.55. The Morgan fingerprint density at radius 3 is 2.80 bits per heavy atom. The van der Waals surface area contributed by atoms with Gasteiger partial charge < -0.3 is 15.0 Å². The summed E-state index contributed by atoms with van der Waals surface area (Å²) in [6.07, 6.45) is 2.58. The van der Waals surface area contributed by atoms with E-state index in [0.717, 1.165) is 43.8 Å². The summed E-state index contributed by atoms with van der Waals surface area (Å²) in [4.78, 5) is 14.5. The van der Waals surface area contributed by atoms with Gasteiger partial charge in [-0.05, 0) is 44.0 Å². The van der Waals surface area contributed by atoms with Crippen molar-refractivity contribution < 1.29 is 9.53 Å². The Morgan fingerprint density at radius 2 is 2.10 bits per heavy atom. The second kappa shape index (κ2) is 5.83. The molecule has 0 saturated carbocycles. The van der Waals surface area contributed by atoms with Crippen molar-refractivity contribution in [3.8, 4) is 5.75 Å². The molecule has 2 heterocycles. The van der Waals surface area contributed by atoms with Crippen molar-refractivity contribution in [3.05, 3.63) is 29.8 Å². The number of ether oxygens (including phenoxy) is 1. The van der Waals surface area contributed by atoms with Crippen molar-refractivity contribution in [2.24, 2.45) is 5.92 Å². The van der Waals surface area contributed by atoms with E-state index in [-0.39, 0.29) is 12.0 Å². The predicted octanol–water partition coefficient (Wildman–Crippen LogP) is 1.45. The number of para-hydroxylation sites is 1. The van der Waals surface area contributed by atoms with Gasteiger partial charge in [0.05, 0.1) is 0 Å². The lowest BCUT2D eigenvalue weighted by Gasteiger charge is -2.33. The van der Waals surface area contributed by atoms with Gasteiger partial charge in [0, 0.05) is 19.5 Å². The van der Waals surface area contributed by atoms with Crippen LogP contribution in [0.4, 0.5) is 0 Å². The summed E-state index contributed by atoms with van der Waals surface area (Å²) < 4.78 is 5.79. The first kappa shape index (κ1) is 13.4. The predicted molar refractivity (Wildman–Crippen MR) is 77.8 cm³/mol. The van der Waals surface area contributed by atoms with Crippen LogP contribution in [0.1, 0.15) is 18.4 Å². The normalized spacial score (nSPS) is 22.4. The third-order valence-corrected chi connectivity index (χ3v) is 4.34. The van der Waals surface area contributed by atoms with Crippen molar-refractivity contribution in [1.29, 1.82) is 0 Å². The van der Waals surface area contributed by atoms with E-state index in [1.54, 1.807) is 0 Å². The zero-order chi connectivity index (χ0) is 13.9. The first-order valence-corrected chi connectivity index (χ1v) is 7.46. The number of likely N-dealkylation sites (tertiary alicyclic amines) is 1. The van der Waals surface area contributed by atoms with Gasteiger partial charge in [-0.15, -0.1) is 0 Å². The molecule has 2 aliphatic heterocycles. The molecule has 1 aromatic carbocycles. The summed E-state index contributed by atoms with van der Waals surface area (Å²) in [6, 6.07) is 7.94. The van der Waals surface area contributed by atoms with Gasteiger partial charge in [-0.2, -0.15) is 0 Å². The summed E-state index contributed by atoms with van der Waals surface area (Å²) in [5.74, 6) is 1.73. The van der Waals surface area contributed by atoms with E-state index >= 15 is 0 Å². The lowest BCUT2D eigenvalue weighted by atomic mass is 9.96. The minimum Gasteiger partial charge on any atom is -0.480 e. The highest BCUT2D eigenvalue weighted by Gasteiger charge is 2.33. The molecule has 108 valence electrons. The summed E-state index contributed by atoms with van der Waals surface area (Å²) >= 11 is 0. The monoisotopic (exact) mass is 274 g/mol. The van der Waals surface area contributed by atoms with E-state index < -0.39 is 0 Å². The Labute approximate surface area is 120 Å². The van der Waals surface area contributed by atoms with E-state index in [0.29, 0.717) is 12.3 Å². The van der Waals surface area contributed by atoms with Gasteiger partial charge in [0.2, 0.25) is 0 Å². The van der Waals surface area contributed by atoms with Crippen LogP contribution in [-0.4, -0.2) is 43.6 Å². The number of carbonyl (C=O) groups excluding carboxylic acids is 1. The lowest BCUT2D eigenvalue weighted by molar-refractivity contribution is -0.139. The van der Waals surface area contributed by atoms with Gasteiger partial charge >= 0.3 is 0 Å². The maximum absolute atomic E-state index is 12.5. The number of hydrogen-bond donors (Lipinski definition) is 1. The fraction of sp³-hybridized carbons (Fsp3) is 0.562. The Kier molecular flexibility index (Phi) is 3.92. The minimum absolute atomic E-state index is 0.157. The van der Waals surface area contributed by atoms with Gasteiger partial charge in [-0.3, -0.25) is 4.79 Å². The highest BCUT2D eigenvalue weighted by Crippen LogP contribution is 2.29. The van der Waals surface area contributed by atoms with Crippen LogP contribution in [0, 0.1) is 5.92 Å². The molecule has 1 unspecified atom stereocenters. The zero-order valence-electron chi connectivity index (χ0n) is 12.0. The van der Waals surface area contributed by atoms with Crippen molar-refractivity contribution in [1.82, 2.24) is 10.2 Å². The summed E-state index contributed by atoms with van der Waals surface area (Å²) in [5.41, 5.74) is 1.15. The summed E-state index contributed by atoms with van der Waals surface area (Å²) in [6.45, 7) is 2.77. The lowest BCUT2D eigenvalue weighted by Crippen LogP contribution is -2.46. The molecule has 1 fully saturated rings. The molecule has 0 radical (unpaired) electrons. The van der Waals surface area contributed by atoms with E-state index in [9.17, 15) is 4.79 Å². The van der Waals surface area contributed by atoms with Crippen LogP contribution in [0.2, 0.25) is 0 Å². The maximum Gasteiger partial charge on any atom is 0.263 e. The molecule has 1 aromatic rings. The Bertz CT molecular complexity index is 456. The first-order valence-electron chi connectivity index (χ1n) is 7.46. The van der Waals surface area contributed by atoms with E-state index in [4.69, 9.17) is 4.74 Å². The van der Waals surface area contributed by atoms with Gasteiger partial charge in [0.25, 0.3) is 5.91 Å². The van der Waals surface area contributed by atoms with Crippen molar-refractivity contribution in [3.63, 3.8) is 0 Å². The van der Waals surface area contributed by atoms with Gasteiger partial charge in [-0.1, -0.05) is 18.2 Å². The number of hydrogen-bond acceptors (Lipinski definition) is 3. The third kappa shape index (κ3) is 2.66. The molecule has 1 amide bonds. The number of amides is 1. The highest BCUT2D eigenvalue weighted by molar-refractivity contribution is 5.82. The average molecular weight is 274 g/mol. The van der Waals surface area contributed by atoms with Gasteiger partial charge in [0.15, 0.2) is 6.10 Å². The van der Waals surface area contributed by atoms with Crippen LogP contribution in [-0.2, 0) is 11.2 Å². The molecule has 2 aliphatic rings. The van der Waals surface area contributed by atoms with E-state index in [2.05, 4.69) is 5.32 Å². The van der Waals surface area contributed by atoms with Crippen LogP contribution in [0.3, 0.4) is 0 Å². The second-order valence-corrected chi connectivity index (χ2v) is 5.74. The Balaban J connectivity index is 1.56. The molecule has 4 heteroatoms. The smallest absolute Gasteiger partial charge is 0.263 e. The summed E-state index contributed by atoms with van der Waals surface area (Å²) in [7, 11) is 1.99. The molecular formula is C16H22N2O2. The highest BCUT2D eigenvalue weighted by atomic mass is 16.5. The zero-order valence-corrected chi connectivity index (χ0v) is 12.0. The largest absolute Gasteiger partial charge is 0.480 e. The Morgan fingerprint density at radius 1 is 1.35 bits per heavy atom. The van der Waals surface area contributed by atoms with E-state index in [1.807, 2.05) is 36.2 Å². The van der Waals surface area contributed by atoms with Gasteiger partial charge in [-0.25, -0.2) is 0 Å². The molecule has 1 saturated heterocycles. The molecule has 0 bridgehead atoms. The molecule has 0 aliphatic carbocycles. The molecule has 1 atom stereocenters. The molecule has 4 nitrogen and oxygen atoms in total. The van der Waals surface area contributed by atoms with Crippen LogP contribution in [0.25, 0.3) is 0 Å².